The van der Waals surface area contributed by atoms with Crippen LogP contribution in [0.2, 0.25) is 0 Å². The Kier molecular flexibility index (Phi) is 4.47. The summed E-state index contributed by atoms with van der Waals surface area (Å²) < 4.78 is 33.4. The van der Waals surface area contributed by atoms with Crippen LogP contribution < -0.4 is 0 Å². The van der Waals surface area contributed by atoms with E-state index >= 15 is 0 Å². The van der Waals surface area contributed by atoms with Crippen molar-refractivity contribution in [2.24, 2.45) is 0 Å². The number of hydrogen-bond donors (Lipinski definition) is 1. The largest absolute Gasteiger partial charge is 0.389 e. The maximum Gasteiger partial charge on any atom is 0.161 e. The Bertz CT molecular complexity index is 758. The van der Waals surface area contributed by atoms with Gasteiger partial charge in [0.2, 0.25) is 0 Å². The van der Waals surface area contributed by atoms with Crippen LogP contribution in [0.3, 0.4) is 0 Å². The Hall–Kier alpha value is -1.83. The second-order valence-corrected chi connectivity index (χ2v) is 5.93. The van der Waals surface area contributed by atoms with E-state index in [4.69, 9.17) is 4.74 Å². The first-order valence-electron chi connectivity index (χ1n) is 6.71. The molecule has 2 aromatic heterocycles. The zero-order chi connectivity index (χ0) is 15.5. The van der Waals surface area contributed by atoms with Gasteiger partial charge in [-0.15, -0.1) is 11.3 Å². The van der Waals surface area contributed by atoms with Gasteiger partial charge >= 0.3 is 0 Å². The van der Waals surface area contributed by atoms with Crippen molar-refractivity contribution in [3.63, 3.8) is 0 Å². The van der Waals surface area contributed by atoms with Gasteiger partial charge in [0.25, 0.3) is 0 Å². The summed E-state index contributed by atoms with van der Waals surface area (Å²) in [6.45, 7) is 0.798. The van der Waals surface area contributed by atoms with Crippen molar-refractivity contribution in [2.75, 3.05) is 6.61 Å². The first-order chi connectivity index (χ1) is 10.6. The highest BCUT2D eigenvalue weighted by molar-refractivity contribution is 7.09. The molecule has 0 saturated heterocycles. The number of aliphatic hydroxyl groups is 1. The number of ether oxygens (including phenoxy) is 1. The van der Waals surface area contributed by atoms with Crippen LogP contribution in [0.5, 0.6) is 0 Å². The van der Waals surface area contributed by atoms with Gasteiger partial charge in [0.05, 0.1) is 43.2 Å². The number of hydrogen-bond acceptors (Lipinski definition) is 4. The van der Waals surface area contributed by atoms with Crippen LogP contribution in [-0.4, -0.2) is 27.4 Å². The van der Waals surface area contributed by atoms with Crippen molar-refractivity contribution in [2.45, 2.75) is 19.3 Å². The lowest BCUT2D eigenvalue weighted by Crippen LogP contribution is -2.21. The van der Waals surface area contributed by atoms with Crippen LogP contribution in [0.15, 0.2) is 36.0 Å². The lowest BCUT2D eigenvalue weighted by molar-refractivity contribution is 0.0218. The molecule has 3 aromatic rings. The fraction of sp³-hybridized carbons (Fsp3) is 0.267. The van der Waals surface area contributed by atoms with Gasteiger partial charge in [0.15, 0.2) is 11.6 Å². The predicted molar refractivity (Wildman–Crippen MR) is 79.6 cm³/mol. The van der Waals surface area contributed by atoms with Crippen molar-refractivity contribution < 1.29 is 18.6 Å². The van der Waals surface area contributed by atoms with Gasteiger partial charge in [0.1, 0.15) is 0 Å². The van der Waals surface area contributed by atoms with Crippen LogP contribution in [0.25, 0.3) is 11.0 Å². The molecule has 0 aliphatic carbocycles. The number of nitrogens with zero attached hydrogens (tertiary/aromatic N) is 2. The summed E-state index contributed by atoms with van der Waals surface area (Å²) >= 11 is 1.59. The Balaban J connectivity index is 1.61. The van der Waals surface area contributed by atoms with Crippen molar-refractivity contribution in [1.82, 2.24) is 9.55 Å². The second-order valence-electron chi connectivity index (χ2n) is 4.90. The average molecular weight is 324 g/mol. The monoisotopic (exact) mass is 324 g/mol. The zero-order valence-electron chi connectivity index (χ0n) is 11.6. The van der Waals surface area contributed by atoms with Crippen LogP contribution >= 0.6 is 11.3 Å². The van der Waals surface area contributed by atoms with E-state index in [2.05, 4.69) is 4.98 Å². The van der Waals surface area contributed by atoms with Gasteiger partial charge in [-0.2, -0.15) is 0 Å². The molecule has 0 saturated carbocycles. The number of aliphatic hydroxyl groups excluding tert-OH is 1. The maximum absolute atomic E-state index is 13.3. The molecule has 22 heavy (non-hydrogen) atoms. The highest BCUT2D eigenvalue weighted by Crippen LogP contribution is 2.18. The molecule has 4 nitrogen and oxygen atoms in total. The standard InChI is InChI=1S/C15H14F2N2O2S/c16-12-4-14-15(5-13(12)17)19(9-18-14)6-10(20)7-21-8-11-2-1-3-22-11/h1-5,9-10,20H,6-8H2. The predicted octanol–water partition coefficient (Wildman–Crippen LogP) is 2.95. The molecule has 1 unspecified atom stereocenters. The normalized spacial score (nSPS) is 12.9. The maximum atomic E-state index is 13.3. The molecule has 0 aliphatic rings. The molecule has 0 radical (unpaired) electrons. The molecule has 7 heteroatoms. The quantitative estimate of drug-likeness (QED) is 0.758. The van der Waals surface area contributed by atoms with E-state index in [0.717, 1.165) is 17.0 Å². The third-order valence-electron chi connectivity index (χ3n) is 3.21. The molecule has 0 spiro atoms. The lowest BCUT2D eigenvalue weighted by atomic mass is 10.3. The summed E-state index contributed by atoms with van der Waals surface area (Å²) in [7, 11) is 0. The van der Waals surface area contributed by atoms with Crippen LogP contribution in [0.4, 0.5) is 8.78 Å². The SMILES string of the molecule is OC(COCc1cccs1)Cn1cnc2cc(F)c(F)cc21. The van der Waals surface area contributed by atoms with E-state index in [1.54, 1.807) is 15.9 Å². The molecule has 2 heterocycles. The molecule has 0 aliphatic heterocycles. The summed E-state index contributed by atoms with van der Waals surface area (Å²) in [5.41, 5.74) is 0.793. The summed E-state index contributed by atoms with van der Waals surface area (Å²) in [6, 6.07) is 6.01. The smallest absolute Gasteiger partial charge is 0.161 e. The Morgan fingerprint density at radius 2 is 2.14 bits per heavy atom. The fourth-order valence-corrected chi connectivity index (χ4v) is 2.81. The number of aromatic nitrogens is 2. The summed E-state index contributed by atoms with van der Waals surface area (Å²) in [4.78, 5) is 5.08. The fourth-order valence-electron chi connectivity index (χ4n) is 2.17. The third-order valence-corrected chi connectivity index (χ3v) is 4.06. The molecule has 3 rings (SSSR count). The Morgan fingerprint density at radius 3 is 2.91 bits per heavy atom. The highest BCUT2D eigenvalue weighted by Gasteiger charge is 2.12. The van der Waals surface area contributed by atoms with Gasteiger partial charge < -0.3 is 14.4 Å². The van der Waals surface area contributed by atoms with E-state index in [-0.39, 0.29) is 13.2 Å². The van der Waals surface area contributed by atoms with E-state index in [0.29, 0.717) is 17.6 Å². The van der Waals surface area contributed by atoms with Gasteiger partial charge in [-0.1, -0.05) is 6.07 Å². The second kappa shape index (κ2) is 6.51. The number of benzene rings is 1. The van der Waals surface area contributed by atoms with Crippen molar-refractivity contribution in [3.8, 4) is 0 Å². The molecule has 116 valence electrons. The van der Waals surface area contributed by atoms with Crippen LogP contribution in [-0.2, 0) is 17.9 Å². The van der Waals surface area contributed by atoms with Crippen molar-refractivity contribution in [3.05, 3.63) is 52.5 Å². The molecular weight excluding hydrogens is 310 g/mol. The molecular formula is C15H14F2N2O2S. The average Bonchev–Trinajstić information content (AvgIpc) is 3.11. The minimum absolute atomic E-state index is 0.154. The molecule has 1 aromatic carbocycles. The molecule has 1 N–H and O–H groups in total. The molecule has 0 amide bonds. The first-order valence-corrected chi connectivity index (χ1v) is 7.59. The van der Waals surface area contributed by atoms with E-state index in [1.807, 2.05) is 17.5 Å². The highest BCUT2D eigenvalue weighted by atomic mass is 32.1. The van der Waals surface area contributed by atoms with Gasteiger partial charge in [-0.25, -0.2) is 13.8 Å². The number of imidazole rings is 1. The summed E-state index contributed by atoms with van der Waals surface area (Å²) in [6.07, 6.45) is 0.692. The zero-order valence-corrected chi connectivity index (χ0v) is 12.4. The number of rotatable bonds is 6. The van der Waals surface area contributed by atoms with Gasteiger partial charge in [-0.3, -0.25) is 0 Å². The van der Waals surface area contributed by atoms with E-state index in [9.17, 15) is 13.9 Å². The van der Waals surface area contributed by atoms with Gasteiger partial charge in [0, 0.05) is 17.0 Å². The minimum atomic E-state index is -0.933. The van der Waals surface area contributed by atoms with Crippen LogP contribution in [0.1, 0.15) is 4.88 Å². The lowest BCUT2D eigenvalue weighted by Gasteiger charge is -2.12. The summed E-state index contributed by atoms with van der Waals surface area (Å²) in [5.74, 6) is -1.87. The number of halogens is 2. The van der Waals surface area contributed by atoms with Crippen molar-refractivity contribution in [1.29, 1.82) is 0 Å². The topological polar surface area (TPSA) is 47.3 Å². The van der Waals surface area contributed by atoms with Crippen LogP contribution in [0, 0.1) is 11.6 Å². The third kappa shape index (κ3) is 3.32. The first kappa shape index (κ1) is 15.1. The molecule has 0 fully saturated rings. The molecule has 0 bridgehead atoms. The van der Waals surface area contributed by atoms with E-state index in [1.165, 1.54) is 6.33 Å². The Labute approximate surface area is 129 Å². The van der Waals surface area contributed by atoms with E-state index < -0.39 is 17.7 Å². The van der Waals surface area contributed by atoms with Gasteiger partial charge in [-0.05, 0) is 11.4 Å². The minimum Gasteiger partial charge on any atom is -0.389 e. The number of fused-ring (bicyclic) bond motifs is 1. The Morgan fingerprint density at radius 1 is 1.32 bits per heavy atom. The van der Waals surface area contributed by atoms with Crippen molar-refractivity contribution >= 4 is 22.4 Å². The molecule has 1 atom stereocenters. The summed E-state index contributed by atoms with van der Waals surface area (Å²) in [5, 5.41) is 12.0. The number of thiophene rings is 1.